The summed E-state index contributed by atoms with van der Waals surface area (Å²) in [4.78, 5) is 20.8. The maximum atomic E-state index is 12.5. The standard InChI is InChI=1S/C19H21N5O2/c1-26-15-7-3-2-6-14(15)13-22-18(25)24-19(9-4-5-10-19)16-8-11-21-17(12-20)23-16/h2-3,6-8,11H,4-5,9-10,13H2,1H3,(H2,22,24,25). The quantitative estimate of drug-likeness (QED) is 0.862. The fourth-order valence-electron chi connectivity index (χ4n) is 3.39. The number of ether oxygens (including phenoxy) is 1. The summed E-state index contributed by atoms with van der Waals surface area (Å²) in [6, 6.07) is 11.0. The van der Waals surface area contributed by atoms with Crippen LogP contribution in [0.4, 0.5) is 4.79 Å². The molecule has 3 rings (SSSR count). The zero-order valence-corrected chi connectivity index (χ0v) is 14.7. The summed E-state index contributed by atoms with van der Waals surface area (Å²) in [5.41, 5.74) is 1.03. The van der Waals surface area contributed by atoms with Gasteiger partial charge < -0.3 is 15.4 Å². The number of carbonyl (C=O) groups excluding carboxylic acids is 1. The Balaban J connectivity index is 1.72. The second-order valence-corrected chi connectivity index (χ2v) is 6.29. The molecule has 0 bridgehead atoms. The van der Waals surface area contributed by atoms with Crippen LogP contribution in [0.2, 0.25) is 0 Å². The van der Waals surface area contributed by atoms with Crippen LogP contribution in [0, 0.1) is 11.3 Å². The number of methoxy groups -OCH3 is 1. The van der Waals surface area contributed by atoms with Crippen LogP contribution in [0.1, 0.15) is 42.8 Å². The van der Waals surface area contributed by atoms with Crippen molar-refractivity contribution in [2.45, 2.75) is 37.8 Å². The molecule has 26 heavy (non-hydrogen) atoms. The molecule has 1 heterocycles. The van der Waals surface area contributed by atoms with Crippen LogP contribution in [0.25, 0.3) is 0 Å². The lowest BCUT2D eigenvalue weighted by atomic mass is 9.93. The molecule has 1 saturated carbocycles. The predicted octanol–water partition coefficient (Wildman–Crippen LogP) is 2.63. The molecule has 2 aromatic rings. The van der Waals surface area contributed by atoms with Gasteiger partial charge in [-0.05, 0) is 25.0 Å². The Hall–Kier alpha value is -3.14. The molecule has 0 saturated heterocycles. The number of hydrogen-bond acceptors (Lipinski definition) is 5. The highest BCUT2D eigenvalue weighted by molar-refractivity contribution is 5.75. The number of hydrogen-bond donors (Lipinski definition) is 2. The van der Waals surface area contributed by atoms with Crippen molar-refractivity contribution in [1.29, 1.82) is 5.26 Å². The Morgan fingerprint density at radius 1 is 1.31 bits per heavy atom. The molecule has 1 aromatic heterocycles. The summed E-state index contributed by atoms with van der Waals surface area (Å²) < 4.78 is 5.31. The van der Waals surface area contributed by atoms with Crippen LogP contribution in [-0.4, -0.2) is 23.1 Å². The van der Waals surface area contributed by atoms with E-state index in [9.17, 15) is 4.79 Å². The average molecular weight is 351 g/mol. The van der Waals surface area contributed by atoms with Gasteiger partial charge in [-0.25, -0.2) is 14.8 Å². The number of nitrogens with one attached hydrogen (secondary N) is 2. The number of para-hydroxylation sites is 1. The van der Waals surface area contributed by atoms with Crippen molar-refractivity contribution in [3.63, 3.8) is 0 Å². The Kier molecular flexibility index (Phi) is 5.32. The molecule has 1 aliphatic rings. The topological polar surface area (TPSA) is 99.9 Å². The smallest absolute Gasteiger partial charge is 0.315 e. The van der Waals surface area contributed by atoms with E-state index in [4.69, 9.17) is 10.00 Å². The number of aromatic nitrogens is 2. The van der Waals surface area contributed by atoms with Gasteiger partial charge in [0.25, 0.3) is 0 Å². The molecule has 7 nitrogen and oxygen atoms in total. The highest BCUT2D eigenvalue weighted by atomic mass is 16.5. The van der Waals surface area contributed by atoms with Crippen LogP contribution >= 0.6 is 0 Å². The maximum absolute atomic E-state index is 12.5. The summed E-state index contributed by atoms with van der Waals surface area (Å²) in [7, 11) is 1.61. The molecule has 1 fully saturated rings. The van der Waals surface area contributed by atoms with E-state index >= 15 is 0 Å². The van der Waals surface area contributed by atoms with Gasteiger partial charge in [0.1, 0.15) is 11.8 Å². The van der Waals surface area contributed by atoms with Gasteiger partial charge in [-0.2, -0.15) is 5.26 Å². The van der Waals surface area contributed by atoms with E-state index in [1.54, 1.807) is 19.4 Å². The molecule has 7 heteroatoms. The summed E-state index contributed by atoms with van der Waals surface area (Å²) in [5.74, 6) is 0.850. The molecule has 2 N–H and O–H groups in total. The average Bonchev–Trinajstić information content (AvgIpc) is 3.16. The maximum Gasteiger partial charge on any atom is 0.315 e. The van der Waals surface area contributed by atoms with Crippen molar-refractivity contribution in [2.24, 2.45) is 0 Å². The molecule has 2 amide bonds. The lowest BCUT2D eigenvalue weighted by Crippen LogP contribution is -2.48. The van der Waals surface area contributed by atoms with Crippen molar-refractivity contribution in [1.82, 2.24) is 20.6 Å². The summed E-state index contributed by atoms with van der Waals surface area (Å²) in [6.07, 6.45) is 5.14. The van der Waals surface area contributed by atoms with Gasteiger partial charge in [0.05, 0.1) is 18.3 Å². The van der Waals surface area contributed by atoms with Gasteiger partial charge >= 0.3 is 6.03 Å². The number of nitriles is 1. The molecule has 1 aromatic carbocycles. The van der Waals surface area contributed by atoms with Crippen LogP contribution in [0.5, 0.6) is 5.75 Å². The fraction of sp³-hybridized carbons (Fsp3) is 0.368. The fourth-order valence-corrected chi connectivity index (χ4v) is 3.39. The molecule has 0 spiro atoms. The van der Waals surface area contributed by atoms with Crippen LogP contribution in [0.15, 0.2) is 36.5 Å². The minimum absolute atomic E-state index is 0.116. The summed E-state index contributed by atoms with van der Waals surface area (Å²) in [5, 5.41) is 15.0. The van der Waals surface area contributed by atoms with Crippen molar-refractivity contribution >= 4 is 6.03 Å². The van der Waals surface area contributed by atoms with Gasteiger partial charge in [-0.1, -0.05) is 31.0 Å². The van der Waals surface area contributed by atoms with Crippen molar-refractivity contribution in [3.8, 4) is 11.8 Å². The Bertz CT molecular complexity index is 825. The monoisotopic (exact) mass is 351 g/mol. The molecule has 134 valence electrons. The molecule has 0 radical (unpaired) electrons. The number of carbonyl (C=O) groups is 1. The first-order valence-corrected chi connectivity index (χ1v) is 8.58. The first-order valence-electron chi connectivity index (χ1n) is 8.58. The molecular formula is C19H21N5O2. The van der Waals surface area contributed by atoms with E-state index in [2.05, 4.69) is 20.6 Å². The Morgan fingerprint density at radius 2 is 2.08 bits per heavy atom. The van der Waals surface area contributed by atoms with Crippen molar-refractivity contribution in [2.75, 3.05) is 7.11 Å². The molecule has 0 atom stereocenters. The third-order valence-electron chi connectivity index (χ3n) is 4.69. The minimum Gasteiger partial charge on any atom is -0.496 e. The number of nitrogens with zero attached hydrogens (tertiary/aromatic N) is 3. The van der Waals surface area contributed by atoms with Gasteiger partial charge in [-0.15, -0.1) is 0 Å². The van der Waals surface area contributed by atoms with E-state index < -0.39 is 5.54 Å². The van der Waals surface area contributed by atoms with Gasteiger partial charge in [0.15, 0.2) is 0 Å². The highest BCUT2D eigenvalue weighted by Crippen LogP contribution is 2.37. The molecular weight excluding hydrogens is 330 g/mol. The normalized spacial score (nSPS) is 15.1. The van der Waals surface area contributed by atoms with E-state index in [-0.39, 0.29) is 11.9 Å². The molecule has 0 aliphatic heterocycles. The number of benzene rings is 1. The lowest BCUT2D eigenvalue weighted by Gasteiger charge is -2.29. The third kappa shape index (κ3) is 3.75. The Morgan fingerprint density at radius 3 is 2.81 bits per heavy atom. The van der Waals surface area contributed by atoms with E-state index in [0.717, 1.165) is 37.0 Å². The summed E-state index contributed by atoms with van der Waals surface area (Å²) in [6.45, 7) is 0.360. The zero-order chi connectivity index (χ0) is 18.4. The highest BCUT2D eigenvalue weighted by Gasteiger charge is 2.38. The second-order valence-electron chi connectivity index (χ2n) is 6.29. The molecule has 0 unspecified atom stereocenters. The second kappa shape index (κ2) is 7.83. The van der Waals surface area contributed by atoms with Crippen molar-refractivity contribution < 1.29 is 9.53 Å². The number of rotatable bonds is 5. The van der Waals surface area contributed by atoms with Crippen molar-refractivity contribution in [3.05, 3.63) is 53.6 Å². The van der Waals surface area contributed by atoms with Gasteiger partial charge in [0.2, 0.25) is 5.82 Å². The van der Waals surface area contributed by atoms with Gasteiger partial charge in [-0.3, -0.25) is 0 Å². The Labute approximate surface area is 152 Å². The predicted molar refractivity (Wildman–Crippen MR) is 95.3 cm³/mol. The lowest BCUT2D eigenvalue weighted by molar-refractivity contribution is 0.223. The third-order valence-corrected chi connectivity index (χ3v) is 4.69. The van der Waals surface area contributed by atoms with Gasteiger partial charge in [0, 0.05) is 18.3 Å². The van der Waals surface area contributed by atoms with Crippen LogP contribution < -0.4 is 15.4 Å². The van der Waals surface area contributed by atoms with E-state index in [0.29, 0.717) is 12.2 Å². The summed E-state index contributed by atoms with van der Waals surface area (Å²) >= 11 is 0. The van der Waals surface area contributed by atoms with Crippen LogP contribution in [0.3, 0.4) is 0 Å². The number of amides is 2. The minimum atomic E-state index is -0.556. The van der Waals surface area contributed by atoms with E-state index in [1.807, 2.05) is 30.3 Å². The first kappa shape index (κ1) is 17.7. The largest absolute Gasteiger partial charge is 0.496 e. The SMILES string of the molecule is COc1ccccc1CNC(=O)NC1(c2ccnc(C#N)n2)CCCC1. The molecule has 1 aliphatic carbocycles. The zero-order valence-electron chi connectivity index (χ0n) is 14.7. The van der Waals surface area contributed by atoms with E-state index in [1.165, 1.54) is 0 Å². The number of urea groups is 1. The first-order chi connectivity index (χ1) is 12.7. The van der Waals surface area contributed by atoms with Crippen LogP contribution in [-0.2, 0) is 12.1 Å².